The Morgan fingerprint density at radius 2 is 1.73 bits per heavy atom. The Morgan fingerprint density at radius 1 is 1.00 bits per heavy atom. The highest BCUT2D eigenvalue weighted by atomic mass is 79.9. The summed E-state index contributed by atoms with van der Waals surface area (Å²) in [6.07, 6.45) is 0. The van der Waals surface area contributed by atoms with Gasteiger partial charge in [-0.1, -0.05) is 22.0 Å². The quantitative estimate of drug-likeness (QED) is 0.572. The lowest BCUT2D eigenvalue weighted by Crippen LogP contribution is -2.11. The number of nitrogens with one attached hydrogen (secondary N) is 3. The number of hydrogen-bond acceptors (Lipinski definition) is 5. The van der Waals surface area contributed by atoms with Crippen molar-refractivity contribution in [3.63, 3.8) is 0 Å². The normalized spacial score (nSPS) is 10.3. The lowest BCUT2D eigenvalue weighted by atomic mass is 10.2. The van der Waals surface area contributed by atoms with E-state index in [0.29, 0.717) is 17.2 Å². The zero-order chi connectivity index (χ0) is 18.5. The highest BCUT2D eigenvalue weighted by Crippen LogP contribution is 2.19. The molecule has 0 bridgehead atoms. The van der Waals surface area contributed by atoms with Crippen LogP contribution in [-0.2, 0) is 0 Å². The summed E-state index contributed by atoms with van der Waals surface area (Å²) in [6, 6.07) is 16.5. The molecule has 26 heavy (non-hydrogen) atoms. The van der Waals surface area contributed by atoms with E-state index in [2.05, 4.69) is 41.8 Å². The molecule has 0 saturated carbocycles. The monoisotopic (exact) mass is 411 g/mol. The van der Waals surface area contributed by atoms with Crippen LogP contribution in [0.3, 0.4) is 0 Å². The van der Waals surface area contributed by atoms with Crippen LogP contribution >= 0.6 is 15.9 Å². The number of rotatable bonds is 5. The molecule has 3 N–H and O–H groups in total. The summed E-state index contributed by atoms with van der Waals surface area (Å²) in [5.74, 6) is 1.10. The molecular formula is C19H18BrN5O. The van der Waals surface area contributed by atoms with Crippen molar-refractivity contribution < 1.29 is 4.79 Å². The van der Waals surface area contributed by atoms with Crippen LogP contribution in [0.25, 0.3) is 0 Å². The molecule has 0 saturated heterocycles. The van der Waals surface area contributed by atoms with E-state index < -0.39 is 0 Å². The molecule has 1 amide bonds. The molecule has 3 rings (SSSR count). The first-order valence-electron chi connectivity index (χ1n) is 8.01. The Hall–Kier alpha value is -2.93. The van der Waals surface area contributed by atoms with Gasteiger partial charge >= 0.3 is 0 Å². The fourth-order valence-corrected chi connectivity index (χ4v) is 2.75. The van der Waals surface area contributed by atoms with Crippen LogP contribution in [0.5, 0.6) is 0 Å². The van der Waals surface area contributed by atoms with Crippen molar-refractivity contribution in [1.29, 1.82) is 0 Å². The summed E-state index contributed by atoms with van der Waals surface area (Å²) in [7, 11) is 1.81. The molecule has 0 atom stereocenters. The van der Waals surface area contributed by atoms with Crippen LogP contribution in [0.4, 0.5) is 23.1 Å². The van der Waals surface area contributed by atoms with Gasteiger partial charge < -0.3 is 16.0 Å². The average molecular weight is 412 g/mol. The highest BCUT2D eigenvalue weighted by Gasteiger charge is 2.07. The molecule has 0 radical (unpaired) electrons. The molecular weight excluding hydrogens is 394 g/mol. The van der Waals surface area contributed by atoms with Gasteiger partial charge in [-0.25, -0.2) is 4.98 Å². The van der Waals surface area contributed by atoms with Crippen molar-refractivity contribution in [3.05, 3.63) is 70.3 Å². The summed E-state index contributed by atoms with van der Waals surface area (Å²) in [5, 5.41) is 9.04. The van der Waals surface area contributed by atoms with Gasteiger partial charge in [-0.15, -0.1) is 0 Å². The van der Waals surface area contributed by atoms with Gasteiger partial charge in [0, 0.05) is 40.2 Å². The smallest absolute Gasteiger partial charge is 0.255 e. The number of carbonyl (C=O) groups excluding carboxylic acids is 1. The maximum absolute atomic E-state index is 12.3. The third kappa shape index (κ3) is 4.58. The van der Waals surface area contributed by atoms with E-state index in [-0.39, 0.29) is 5.91 Å². The number of halogens is 1. The molecule has 6 nitrogen and oxygen atoms in total. The molecule has 132 valence electrons. The predicted octanol–water partition coefficient (Wildman–Crippen LogP) is 4.59. The van der Waals surface area contributed by atoms with E-state index >= 15 is 0 Å². The van der Waals surface area contributed by atoms with Crippen LogP contribution in [0, 0.1) is 6.92 Å². The van der Waals surface area contributed by atoms with Gasteiger partial charge in [0.25, 0.3) is 5.91 Å². The molecule has 1 heterocycles. The summed E-state index contributed by atoms with van der Waals surface area (Å²) in [5.41, 5.74) is 3.00. The largest absolute Gasteiger partial charge is 0.373 e. The molecule has 0 spiro atoms. The van der Waals surface area contributed by atoms with Crippen LogP contribution in [0.1, 0.15) is 16.1 Å². The Morgan fingerprint density at radius 3 is 2.42 bits per heavy atom. The first-order chi connectivity index (χ1) is 12.5. The number of amides is 1. The first-order valence-corrected chi connectivity index (χ1v) is 8.80. The summed E-state index contributed by atoms with van der Waals surface area (Å²) >= 11 is 3.37. The summed E-state index contributed by atoms with van der Waals surface area (Å²) < 4.78 is 0.865. The SMILES string of the molecule is CNc1cc(C)nc(Nc2ccc(NC(=O)c3cccc(Br)c3)cc2)n1. The number of nitrogens with zero attached hydrogens (tertiary/aromatic N) is 2. The van der Waals surface area contributed by atoms with Crippen molar-refractivity contribution in [1.82, 2.24) is 9.97 Å². The van der Waals surface area contributed by atoms with Crippen LogP contribution < -0.4 is 16.0 Å². The minimum atomic E-state index is -0.160. The van der Waals surface area contributed by atoms with Gasteiger partial charge in [0.15, 0.2) is 0 Å². The van der Waals surface area contributed by atoms with Gasteiger partial charge in [0.1, 0.15) is 5.82 Å². The van der Waals surface area contributed by atoms with E-state index in [4.69, 9.17) is 0 Å². The molecule has 0 aliphatic carbocycles. The summed E-state index contributed by atoms with van der Waals surface area (Å²) in [6.45, 7) is 1.91. The van der Waals surface area contributed by atoms with Gasteiger partial charge in [-0.05, 0) is 49.4 Å². The van der Waals surface area contributed by atoms with Gasteiger partial charge in [0.05, 0.1) is 0 Å². The van der Waals surface area contributed by atoms with E-state index in [0.717, 1.165) is 21.7 Å². The third-order valence-corrected chi connectivity index (χ3v) is 4.09. The summed E-state index contributed by atoms with van der Waals surface area (Å²) in [4.78, 5) is 21.0. The van der Waals surface area contributed by atoms with E-state index in [1.807, 2.05) is 56.4 Å². The van der Waals surface area contributed by atoms with Crippen LogP contribution in [-0.4, -0.2) is 22.9 Å². The van der Waals surface area contributed by atoms with Crippen molar-refractivity contribution in [2.45, 2.75) is 6.92 Å². The molecule has 2 aromatic carbocycles. The predicted molar refractivity (Wildman–Crippen MR) is 108 cm³/mol. The molecule has 3 aromatic rings. The average Bonchev–Trinajstić information content (AvgIpc) is 2.63. The topological polar surface area (TPSA) is 78.9 Å². The number of anilines is 4. The minimum absolute atomic E-state index is 0.160. The Balaban J connectivity index is 1.69. The number of benzene rings is 2. The Kier molecular flexibility index (Phi) is 5.48. The first kappa shape index (κ1) is 17.9. The minimum Gasteiger partial charge on any atom is -0.373 e. The number of carbonyl (C=O) groups is 1. The molecule has 0 aliphatic heterocycles. The van der Waals surface area contributed by atoms with Gasteiger partial charge in [-0.2, -0.15) is 4.98 Å². The van der Waals surface area contributed by atoms with Crippen LogP contribution in [0.2, 0.25) is 0 Å². The van der Waals surface area contributed by atoms with Crippen LogP contribution in [0.15, 0.2) is 59.1 Å². The Labute approximate surface area is 160 Å². The standard InChI is InChI=1S/C19H18BrN5O/c1-12-10-17(21-2)25-19(22-12)24-16-8-6-15(7-9-16)23-18(26)13-4-3-5-14(20)11-13/h3-11H,1-2H3,(H,23,26)(H2,21,22,24,25). The van der Waals surface area contributed by atoms with Gasteiger partial charge in [-0.3, -0.25) is 4.79 Å². The second-order valence-electron chi connectivity index (χ2n) is 5.63. The molecule has 0 aliphatic rings. The van der Waals surface area contributed by atoms with E-state index in [9.17, 15) is 4.79 Å². The second kappa shape index (κ2) is 7.97. The maximum atomic E-state index is 12.3. The molecule has 0 unspecified atom stereocenters. The van der Waals surface area contributed by atoms with Crippen molar-refractivity contribution >= 4 is 45.0 Å². The maximum Gasteiger partial charge on any atom is 0.255 e. The number of aromatic nitrogens is 2. The lowest BCUT2D eigenvalue weighted by Gasteiger charge is -2.09. The molecule has 1 aromatic heterocycles. The van der Waals surface area contributed by atoms with Crippen molar-refractivity contribution in [3.8, 4) is 0 Å². The highest BCUT2D eigenvalue weighted by molar-refractivity contribution is 9.10. The zero-order valence-corrected chi connectivity index (χ0v) is 16.0. The Bertz CT molecular complexity index is 927. The lowest BCUT2D eigenvalue weighted by molar-refractivity contribution is 0.102. The number of aryl methyl sites for hydroxylation is 1. The zero-order valence-electron chi connectivity index (χ0n) is 14.4. The van der Waals surface area contributed by atoms with Gasteiger partial charge in [0.2, 0.25) is 5.95 Å². The fourth-order valence-electron chi connectivity index (χ4n) is 2.35. The van der Waals surface area contributed by atoms with Crippen molar-refractivity contribution in [2.75, 3.05) is 23.0 Å². The third-order valence-electron chi connectivity index (χ3n) is 3.60. The molecule has 0 fully saturated rings. The molecule has 7 heteroatoms. The fraction of sp³-hybridized carbons (Fsp3) is 0.105. The second-order valence-corrected chi connectivity index (χ2v) is 6.55. The number of hydrogen-bond donors (Lipinski definition) is 3. The van der Waals surface area contributed by atoms with E-state index in [1.165, 1.54) is 0 Å². The van der Waals surface area contributed by atoms with Crippen molar-refractivity contribution in [2.24, 2.45) is 0 Å². The van der Waals surface area contributed by atoms with E-state index in [1.54, 1.807) is 12.1 Å².